The summed E-state index contributed by atoms with van der Waals surface area (Å²) < 4.78 is 5.50. The number of aliphatic hydroxyl groups is 1. The Bertz CT molecular complexity index is 187. The van der Waals surface area contributed by atoms with Gasteiger partial charge in [0.15, 0.2) is 0 Å². The Morgan fingerprint density at radius 3 is 2.41 bits per heavy atom. The predicted octanol–water partition coefficient (Wildman–Crippen LogP) is 2.33. The molecule has 3 nitrogen and oxygen atoms in total. The van der Waals surface area contributed by atoms with Crippen LogP contribution in [0.3, 0.4) is 0 Å². The van der Waals surface area contributed by atoms with Crippen molar-refractivity contribution in [3.05, 3.63) is 0 Å². The molecule has 102 valence electrons. The molecule has 3 heteroatoms. The van der Waals surface area contributed by atoms with Gasteiger partial charge in [-0.25, -0.2) is 0 Å². The molecule has 17 heavy (non-hydrogen) atoms. The average Bonchev–Trinajstić information content (AvgIpc) is 2.48. The maximum atomic E-state index is 10.4. The molecule has 1 aliphatic carbocycles. The Morgan fingerprint density at radius 2 is 1.82 bits per heavy atom. The maximum Gasteiger partial charge on any atom is 0.0771 e. The third-order valence-electron chi connectivity index (χ3n) is 3.36. The van der Waals surface area contributed by atoms with Crippen LogP contribution in [0.25, 0.3) is 0 Å². The zero-order valence-corrected chi connectivity index (χ0v) is 11.5. The van der Waals surface area contributed by atoms with Crippen LogP contribution in [0, 0.1) is 5.92 Å². The van der Waals surface area contributed by atoms with E-state index in [2.05, 4.69) is 19.2 Å². The second-order valence-electron chi connectivity index (χ2n) is 5.78. The highest BCUT2D eigenvalue weighted by molar-refractivity contribution is 4.83. The summed E-state index contributed by atoms with van der Waals surface area (Å²) in [6.45, 7) is 7.44. The first kappa shape index (κ1) is 14.9. The van der Waals surface area contributed by atoms with Crippen LogP contribution in [0.1, 0.15) is 52.4 Å². The largest absolute Gasteiger partial charge is 0.389 e. The van der Waals surface area contributed by atoms with Crippen LogP contribution in [0.5, 0.6) is 0 Å². The molecule has 0 unspecified atom stereocenters. The van der Waals surface area contributed by atoms with E-state index in [0.29, 0.717) is 5.92 Å². The fourth-order valence-corrected chi connectivity index (χ4v) is 2.35. The summed E-state index contributed by atoms with van der Waals surface area (Å²) in [4.78, 5) is 0. The topological polar surface area (TPSA) is 41.5 Å². The smallest absolute Gasteiger partial charge is 0.0771 e. The molecule has 1 saturated carbocycles. The van der Waals surface area contributed by atoms with E-state index < -0.39 is 5.60 Å². The van der Waals surface area contributed by atoms with Crippen molar-refractivity contribution < 1.29 is 9.84 Å². The van der Waals surface area contributed by atoms with Crippen molar-refractivity contribution in [1.29, 1.82) is 0 Å². The van der Waals surface area contributed by atoms with Gasteiger partial charge >= 0.3 is 0 Å². The van der Waals surface area contributed by atoms with E-state index in [9.17, 15) is 5.11 Å². The van der Waals surface area contributed by atoms with Gasteiger partial charge in [0.25, 0.3) is 0 Å². The molecule has 0 atom stereocenters. The molecule has 0 bridgehead atoms. The first-order valence-corrected chi connectivity index (χ1v) is 7.13. The van der Waals surface area contributed by atoms with E-state index >= 15 is 0 Å². The Balaban J connectivity index is 2.04. The number of hydrogen-bond donors (Lipinski definition) is 2. The van der Waals surface area contributed by atoms with Crippen molar-refractivity contribution in [2.75, 3.05) is 26.3 Å². The summed E-state index contributed by atoms with van der Waals surface area (Å²) in [6, 6.07) is 0. The Labute approximate surface area is 106 Å². The summed E-state index contributed by atoms with van der Waals surface area (Å²) >= 11 is 0. The van der Waals surface area contributed by atoms with Crippen LogP contribution in [-0.4, -0.2) is 37.0 Å². The Morgan fingerprint density at radius 1 is 1.18 bits per heavy atom. The predicted molar refractivity (Wildman–Crippen MR) is 71.2 cm³/mol. The number of rotatable bonds is 7. The van der Waals surface area contributed by atoms with Crippen LogP contribution in [0.15, 0.2) is 0 Å². The van der Waals surface area contributed by atoms with Crippen LogP contribution >= 0.6 is 0 Å². The van der Waals surface area contributed by atoms with E-state index in [1.165, 1.54) is 25.7 Å². The zero-order valence-electron chi connectivity index (χ0n) is 11.5. The lowest BCUT2D eigenvalue weighted by Gasteiger charge is -2.27. The third kappa shape index (κ3) is 7.02. The van der Waals surface area contributed by atoms with Gasteiger partial charge in [-0.2, -0.15) is 0 Å². The molecule has 1 aliphatic rings. The lowest BCUT2D eigenvalue weighted by atomic mass is 9.94. The summed E-state index contributed by atoms with van der Waals surface area (Å²) in [5.41, 5.74) is -0.464. The zero-order chi connectivity index (χ0) is 12.6. The van der Waals surface area contributed by atoms with E-state index in [4.69, 9.17) is 4.74 Å². The first-order valence-electron chi connectivity index (χ1n) is 7.13. The average molecular weight is 243 g/mol. The molecule has 0 amide bonds. The molecule has 0 aromatic heterocycles. The Kier molecular flexibility index (Phi) is 7.09. The molecule has 0 heterocycles. The maximum absolute atomic E-state index is 10.4. The molecular weight excluding hydrogens is 214 g/mol. The summed E-state index contributed by atoms with van der Waals surface area (Å²) in [5.74, 6) is 0.598. The van der Waals surface area contributed by atoms with Crippen molar-refractivity contribution in [3.63, 3.8) is 0 Å². The molecule has 0 aromatic rings. The van der Waals surface area contributed by atoms with Crippen molar-refractivity contribution in [1.82, 2.24) is 5.32 Å². The van der Waals surface area contributed by atoms with Gasteiger partial charge in [-0.05, 0) is 18.8 Å². The number of ether oxygens (including phenoxy) is 1. The van der Waals surface area contributed by atoms with Crippen molar-refractivity contribution in [2.45, 2.75) is 58.0 Å². The molecule has 0 radical (unpaired) electrons. The minimum Gasteiger partial charge on any atom is -0.389 e. The van der Waals surface area contributed by atoms with Gasteiger partial charge in [-0.15, -0.1) is 0 Å². The quantitative estimate of drug-likeness (QED) is 0.533. The SMILES string of the molecule is CC(C)COCCNCC1(O)CCCCCC1. The van der Waals surface area contributed by atoms with E-state index in [-0.39, 0.29) is 0 Å². The van der Waals surface area contributed by atoms with Gasteiger partial charge in [0, 0.05) is 19.7 Å². The summed E-state index contributed by atoms with van der Waals surface area (Å²) in [5, 5.41) is 13.7. The van der Waals surface area contributed by atoms with E-state index in [1.54, 1.807) is 0 Å². The van der Waals surface area contributed by atoms with Gasteiger partial charge in [0.1, 0.15) is 0 Å². The molecular formula is C14H29NO2. The van der Waals surface area contributed by atoms with Gasteiger partial charge < -0.3 is 15.2 Å². The monoisotopic (exact) mass is 243 g/mol. The minimum absolute atomic E-state index is 0.464. The molecule has 2 N–H and O–H groups in total. The summed E-state index contributed by atoms with van der Waals surface area (Å²) in [6.07, 6.45) is 6.80. The molecule has 1 fully saturated rings. The van der Waals surface area contributed by atoms with Gasteiger partial charge in [0.05, 0.1) is 12.2 Å². The van der Waals surface area contributed by atoms with Crippen LogP contribution in [-0.2, 0) is 4.74 Å². The lowest BCUT2D eigenvalue weighted by Crippen LogP contribution is -2.41. The fraction of sp³-hybridized carbons (Fsp3) is 1.00. The first-order chi connectivity index (χ1) is 8.12. The molecule has 0 spiro atoms. The third-order valence-corrected chi connectivity index (χ3v) is 3.36. The summed E-state index contributed by atoms with van der Waals surface area (Å²) in [7, 11) is 0. The highest BCUT2D eigenvalue weighted by Gasteiger charge is 2.26. The molecule has 0 aromatic carbocycles. The van der Waals surface area contributed by atoms with Gasteiger partial charge in [-0.1, -0.05) is 39.5 Å². The second kappa shape index (κ2) is 8.06. The second-order valence-corrected chi connectivity index (χ2v) is 5.78. The van der Waals surface area contributed by atoms with Gasteiger partial charge in [-0.3, -0.25) is 0 Å². The standard InChI is InChI=1S/C14H29NO2/c1-13(2)11-17-10-9-15-12-14(16)7-5-3-4-6-8-14/h13,15-16H,3-12H2,1-2H3. The molecule has 1 rings (SSSR count). The minimum atomic E-state index is -0.464. The lowest BCUT2D eigenvalue weighted by molar-refractivity contribution is 0.0227. The van der Waals surface area contributed by atoms with Crippen LogP contribution in [0.2, 0.25) is 0 Å². The van der Waals surface area contributed by atoms with Crippen molar-refractivity contribution in [3.8, 4) is 0 Å². The van der Waals surface area contributed by atoms with E-state index in [1.807, 2.05) is 0 Å². The fourth-order valence-electron chi connectivity index (χ4n) is 2.35. The van der Waals surface area contributed by atoms with Gasteiger partial charge in [0.2, 0.25) is 0 Å². The Hall–Kier alpha value is -0.120. The highest BCUT2D eigenvalue weighted by atomic mass is 16.5. The van der Waals surface area contributed by atoms with Crippen LogP contribution in [0.4, 0.5) is 0 Å². The normalized spacial score (nSPS) is 20.5. The molecule has 0 aliphatic heterocycles. The highest BCUT2D eigenvalue weighted by Crippen LogP contribution is 2.26. The van der Waals surface area contributed by atoms with Crippen LogP contribution < -0.4 is 5.32 Å². The molecule has 0 saturated heterocycles. The van der Waals surface area contributed by atoms with E-state index in [0.717, 1.165) is 39.1 Å². The number of hydrogen-bond acceptors (Lipinski definition) is 3. The van der Waals surface area contributed by atoms with Crippen molar-refractivity contribution >= 4 is 0 Å². The van der Waals surface area contributed by atoms with Crippen molar-refractivity contribution in [2.24, 2.45) is 5.92 Å². The number of nitrogens with one attached hydrogen (secondary N) is 1.